The van der Waals surface area contributed by atoms with E-state index in [0.29, 0.717) is 6.42 Å². The quantitative estimate of drug-likeness (QED) is 0.837. The van der Waals surface area contributed by atoms with Crippen molar-refractivity contribution in [1.82, 2.24) is 20.6 Å². The molecule has 2 rings (SSSR count). The molecule has 25 heavy (non-hydrogen) atoms. The van der Waals surface area contributed by atoms with Crippen molar-refractivity contribution in [2.24, 2.45) is 0 Å². The topological polar surface area (TPSA) is 84.0 Å². The second kappa shape index (κ2) is 7.78. The van der Waals surface area contributed by atoms with E-state index in [1.807, 2.05) is 6.92 Å². The van der Waals surface area contributed by atoms with Crippen molar-refractivity contribution in [2.45, 2.75) is 25.8 Å². The molecular formula is C17H18F2N4O2. The molecule has 8 heteroatoms. The highest BCUT2D eigenvalue weighted by Gasteiger charge is 2.27. The molecule has 132 valence electrons. The summed E-state index contributed by atoms with van der Waals surface area (Å²) in [7, 11) is 0. The number of amides is 2. The third-order valence-electron chi connectivity index (χ3n) is 3.87. The van der Waals surface area contributed by atoms with E-state index in [0.717, 1.165) is 12.4 Å². The molecule has 6 nitrogen and oxygen atoms in total. The molecule has 1 atom stereocenters. The van der Waals surface area contributed by atoms with Crippen molar-refractivity contribution in [3.05, 3.63) is 59.7 Å². The van der Waals surface area contributed by atoms with Crippen molar-refractivity contribution in [3.8, 4) is 0 Å². The van der Waals surface area contributed by atoms with E-state index in [9.17, 15) is 18.4 Å². The number of nitrogens with one attached hydrogen (secondary N) is 2. The molecule has 2 heterocycles. The van der Waals surface area contributed by atoms with Gasteiger partial charge in [0.25, 0.3) is 11.8 Å². The summed E-state index contributed by atoms with van der Waals surface area (Å²) in [6, 6.07) is 2.53. The molecule has 0 spiro atoms. The molecule has 0 aromatic carbocycles. The summed E-state index contributed by atoms with van der Waals surface area (Å²) in [5.74, 6) is -2.71. The normalized spacial score (nSPS) is 13.0. The molecule has 0 aliphatic rings. The molecule has 0 saturated heterocycles. The van der Waals surface area contributed by atoms with E-state index in [-0.39, 0.29) is 17.7 Å². The summed E-state index contributed by atoms with van der Waals surface area (Å²) in [5, 5.41) is 5.27. The summed E-state index contributed by atoms with van der Waals surface area (Å²) < 4.78 is 27.2. The average molecular weight is 348 g/mol. The molecule has 0 saturated carbocycles. The van der Waals surface area contributed by atoms with Crippen molar-refractivity contribution in [2.75, 3.05) is 6.54 Å². The van der Waals surface area contributed by atoms with Crippen LogP contribution >= 0.6 is 0 Å². The summed E-state index contributed by atoms with van der Waals surface area (Å²) in [4.78, 5) is 31.5. The summed E-state index contributed by atoms with van der Waals surface area (Å²) >= 11 is 0. The molecule has 0 radical (unpaired) electrons. The molecule has 0 fully saturated rings. The first kappa shape index (κ1) is 18.4. The molecule has 0 unspecified atom stereocenters. The maximum absolute atomic E-state index is 13.7. The third kappa shape index (κ3) is 4.56. The Hall–Kier alpha value is -2.90. The Morgan fingerprint density at radius 3 is 2.04 bits per heavy atom. The number of aromatic nitrogens is 2. The van der Waals surface area contributed by atoms with Gasteiger partial charge in [-0.2, -0.15) is 0 Å². The van der Waals surface area contributed by atoms with E-state index >= 15 is 0 Å². The second-order valence-electron chi connectivity index (χ2n) is 5.76. The summed E-state index contributed by atoms with van der Waals surface area (Å²) in [6.45, 7) is 3.55. The molecule has 2 amide bonds. The summed E-state index contributed by atoms with van der Waals surface area (Å²) in [5.41, 5.74) is -1.12. The van der Waals surface area contributed by atoms with Gasteiger partial charge in [0, 0.05) is 18.9 Å². The van der Waals surface area contributed by atoms with Gasteiger partial charge in [-0.25, -0.2) is 8.78 Å². The van der Waals surface area contributed by atoms with Crippen LogP contribution in [0.3, 0.4) is 0 Å². The monoisotopic (exact) mass is 348 g/mol. The Labute approximate surface area is 143 Å². The highest BCUT2D eigenvalue weighted by molar-refractivity contribution is 5.95. The van der Waals surface area contributed by atoms with E-state index in [1.54, 1.807) is 6.92 Å². The van der Waals surface area contributed by atoms with Crippen LogP contribution in [0.5, 0.6) is 0 Å². The minimum absolute atomic E-state index is 0.0442. The van der Waals surface area contributed by atoms with E-state index in [4.69, 9.17) is 0 Å². The average Bonchev–Trinajstić information content (AvgIpc) is 2.60. The number of nitrogens with zero attached hydrogens (tertiary/aromatic N) is 2. The highest BCUT2D eigenvalue weighted by Crippen LogP contribution is 2.12. The lowest BCUT2D eigenvalue weighted by Crippen LogP contribution is -2.53. The minimum Gasteiger partial charge on any atom is -0.350 e. The van der Waals surface area contributed by atoms with Gasteiger partial charge in [0.05, 0.1) is 29.1 Å². The first-order valence-corrected chi connectivity index (χ1v) is 7.66. The Balaban J connectivity index is 2.05. The number of hydrogen-bond acceptors (Lipinski definition) is 4. The fourth-order valence-electron chi connectivity index (χ4n) is 2.09. The van der Waals surface area contributed by atoms with Crippen molar-refractivity contribution in [1.29, 1.82) is 0 Å². The number of rotatable bonds is 6. The highest BCUT2D eigenvalue weighted by atomic mass is 19.1. The molecular weight excluding hydrogens is 330 g/mol. The van der Waals surface area contributed by atoms with Crippen molar-refractivity contribution in [3.63, 3.8) is 0 Å². The van der Waals surface area contributed by atoms with Crippen LogP contribution in [0.25, 0.3) is 0 Å². The lowest BCUT2D eigenvalue weighted by molar-refractivity contribution is 0.0866. The zero-order chi connectivity index (χ0) is 18.4. The largest absolute Gasteiger partial charge is 0.350 e. The van der Waals surface area contributed by atoms with Crippen molar-refractivity contribution >= 4 is 11.8 Å². The first-order valence-electron chi connectivity index (χ1n) is 7.66. The minimum atomic E-state index is -0.841. The third-order valence-corrected chi connectivity index (χ3v) is 3.87. The van der Waals surface area contributed by atoms with Crippen LogP contribution in [-0.2, 0) is 0 Å². The van der Waals surface area contributed by atoms with Gasteiger partial charge in [0.1, 0.15) is 0 Å². The van der Waals surface area contributed by atoms with Gasteiger partial charge in [-0.1, -0.05) is 6.92 Å². The molecule has 0 aliphatic heterocycles. The zero-order valence-corrected chi connectivity index (χ0v) is 13.8. The second-order valence-corrected chi connectivity index (χ2v) is 5.76. The zero-order valence-electron chi connectivity index (χ0n) is 13.8. The number of carbonyl (C=O) groups is 2. The Bertz CT molecular complexity index is 785. The standard InChI is InChI=1S/C17H18F2N4O2/c1-3-17(2,23-16(25)12-5-7-21-9-14(12)19)10-22-15(24)11-4-6-20-8-13(11)18/h4-9H,3,10H2,1-2H3,(H,22,24)(H,23,25)/t17-/m0/s1. The van der Waals surface area contributed by atoms with E-state index < -0.39 is 29.0 Å². The number of pyridine rings is 2. The first-order chi connectivity index (χ1) is 11.9. The maximum Gasteiger partial charge on any atom is 0.254 e. The van der Waals surface area contributed by atoms with Crippen LogP contribution in [-0.4, -0.2) is 33.9 Å². The molecule has 2 aromatic rings. The van der Waals surface area contributed by atoms with Gasteiger partial charge in [0.15, 0.2) is 11.6 Å². The lowest BCUT2D eigenvalue weighted by atomic mass is 9.97. The molecule has 0 aliphatic carbocycles. The van der Waals surface area contributed by atoms with E-state index in [2.05, 4.69) is 20.6 Å². The fraction of sp³-hybridized carbons (Fsp3) is 0.294. The van der Waals surface area contributed by atoms with Gasteiger partial charge in [-0.05, 0) is 25.5 Å². The van der Waals surface area contributed by atoms with Gasteiger partial charge in [0.2, 0.25) is 0 Å². The number of carbonyl (C=O) groups excluding carboxylic acids is 2. The molecule has 2 N–H and O–H groups in total. The smallest absolute Gasteiger partial charge is 0.254 e. The van der Waals surface area contributed by atoms with Crippen LogP contribution < -0.4 is 10.6 Å². The number of hydrogen-bond donors (Lipinski definition) is 2. The predicted molar refractivity (Wildman–Crippen MR) is 86.9 cm³/mol. The van der Waals surface area contributed by atoms with Crippen LogP contribution in [0.1, 0.15) is 41.0 Å². The lowest BCUT2D eigenvalue weighted by Gasteiger charge is -2.30. The molecule has 0 bridgehead atoms. The van der Waals surface area contributed by atoms with Gasteiger partial charge in [-0.15, -0.1) is 0 Å². The van der Waals surface area contributed by atoms with Gasteiger partial charge in [-0.3, -0.25) is 19.6 Å². The van der Waals surface area contributed by atoms with Crippen molar-refractivity contribution < 1.29 is 18.4 Å². The van der Waals surface area contributed by atoms with Gasteiger partial charge >= 0.3 is 0 Å². The number of halogens is 2. The maximum atomic E-state index is 13.7. The van der Waals surface area contributed by atoms with Gasteiger partial charge < -0.3 is 10.6 Å². The van der Waals surface area contributed by atoms with Crippen LogP contribution in [0.15, 0.2) is 36.9 Å². The summed E-state index contributed by atoms with van der Waals surface area (Å²) in [6.07, 6.45) is 4.99. The SMILES string of the molecule is CC[C@@](C)(CNC(=O)c1ccncc1F)NC(=O)c1ccncc1F. The van der Waals surface area contributed by atoms with Crippen LogP contribution in [0.4, 0.5) is 8.78 Å². The fourth-order valence-corrected chi connectivity index (χ4v) is 2.09. The Kier molecular flexibility index (Phi) is 5.74. The van der Waals surface area contributed by atoms with Crippen LogP contribution in [0.2, 0.25) is 0 Å². The van der Waals surface area contributed by atoms with Crippen LogP contribution in [0, 0.1) is 11.6 Å². The Morgan fingerprint density at radius 2 is 1.56 bits per heavy atom. The Morgan fingerprint density at radius 1 is 1.04 bits per heavy atom. The predicted octanol–water partition coefficient (Wildman–Crippen LogP) is 2.08. The molecule has 2 aromatic heterocycles. The van der Waals surface area contributed by atoms with E-state index in [1.165, 1.54) is 24.5 Å².